The van der Waals surface area contributed by atoms with Gasteiger partial charge in [0.1, 0.15) is 0 Å². The van der Waals surface area contributed by atoms with E-state index in [1.165, 1.54) is 43.7 Å². The lowest BCUT2D eigenvalue weighted by molar-refractivity contribution is 0.446. The number of anilines is 1. The topological polar surface area (TPSA) is 28.2 Å². The van der Waals surface area contributed by atoms with Gasteiger partial charge in [0.15, 0.2) is 0 Å². The predicted octanol–water partition coefficient (Wildman–Crippen LogP) is 3.77. The highest BCUT2D eigenvalue weighted by molar-refractivity contribution is 5.45. The highest BCUT2D eigenvalue weighted by Crippen LogP contribution is 2.23. The van der Waals surface area contributed by atoms with Crippen LogP contribution in [-0.4, -0.2) is 24.6 Å². The molecule has 20 heavy (non-hydrogen) atoms. The number of hydrogen-bond donors (Lipinski definition) is 1. The molecule has 0 amide bonds. The van der Waals surface area contributed by atoms with Crippen LogP contribution in [0.1, 0.15) is 58.2 Å². The lowest BCUT2D eigenvalue weighted by atomic mass is 10.00. The number of nitrogens with zero attached hydrogens (tertiary/aromatic N) is 2. The van der Waals surface area contributed by atoms with Crippen LogP contribution in [0.3, 0.4) is 0 Å². The van der Waals surface area contributed by atoms with Crippen LogP contribution in [0.15, 0.2) is 18.3 Å². The standard InChI is InChI=1S/C17H29N3/c1-4-10-18-16(5-2)17-9-8-15(12-19-17)20-11-6-7-14(3)13-20/h8-9,12,14,16,18H,4-7,10-11,13H2,1-3H3. The van der Waals surface area contributed by atoms with Gasteiger partial charge < -0.3 is 10.2 Å². The highest BCUT2D eigenvalue weighted by Gasteiger charge is 2.17. The largest absolute Gasteiger partial charge is 0.370 e. The first kappa shape index (κ1) is 15.3. The zero-order valence-electron chi connectivity index (χ0n) is 13.2. The van der Waals surface area contributed by atoms with Crippen molar-refractivity contribution in [2.24, 2.45) is 5.92 Å². The van der Waals surface area contributed by atoms with Gasteiger partial charge in [-0.1, -0.05) is 20.8 Å². The Hall–Kier alpha value is -1.09. The van der Waals surface area contributed by atoms with Crippen LogP contribution >= 0.6 is 0 Å². The van der Waals surface area contributed by atoms with Gasteiger partial charge >= 0.3 is 0 Å². The lowest BCUT2D eigenvalue weighted by Gasteiger charge is -2.32. The van der Waals surface area contributed by atoms with Gasteiger partial charge in [-0.3, -0.25) is 4.98 Å². The molecule has 0 saturated carbocycles. The third-order valence-corrected chi connectivity index (χ3v) is 4.20. The van der Waals surface area contributed by atoms with E-state index in [-0.39, 0.29) is 0 Å². The highest BCUT2D eigenvalue weighted by atomic mass is 15.1. The van der Waals surface area contributed by atoms with E-state index in [0.717, 1.165) is 18.9 Å². The van der Waals surface area contributed by atoms with Crippen molar-refractivity contribution < 1.29 is 0 Å². The first-order chi connectivity index (χ1) is 9.74. The normalized spacial score (nSPS) is 20.9. The van der Waals surface area contributed by atoms with Gasteiger partial charge in [-0.15, -0.1) is 0 Å². The minimum Gasteiger partial charge on any atom is -0.370 e. The average molecular weight is 275 g/mol. The van der Waals surface area contributed by atoms with E-state index in [0.29, 0.717) is 6.04 Å². The van der Waals surface area contributed by atoms with Crippen molar-refractivity contribution in [3.8, 4) is 0 Å². The molecule has 3 nitrogen and oxygen atoms in total. The minimum atomic E-state index is 0.393. The van der Waals surface area contributed by atoms with Gasteiger partial charge in [0.25, 0.3) is 0 Å². The second-order valence-electron chi connectivity index (χ2n) is 6.05. The predicted molar refractivity (Wildman–Crippen MR) is 86.2 cm³/mol. The second-order valence-corrected chi connectivity index (χ2v) is 6.05. The number of hydrogen-bond acceptors (Lipinski definition) is 3. The van der Waals surface area contributed by atoms with Crippen molar-refractivity contribution in [3.05, 3.63) is 24.0 Å². The molecular weight excluding hydrogens is 246 g/mol. The summed E-state index contributed by atoms with van der Waals surface area (Å²) in [7, 11) is 0. The van der Waals surface area contributed by atoms with E-state index in [9.17, 15) is 0 Å². The van der Waals surface area contributed by atoms with E-state index in [4.69, 9.17) is 4.98 Å². The van der Waals surface area contributed by atoms with Crippen molar-refractivity contribution in [1.29, 1.82) is 0 Å². The van der Waals surface area contributed by atoms with Gasteiger partial charge in [0.2, 0.25) is 0 Å². The first-order valence-electron chi connectivity index (χ1n) is 8.18. The Morgan fingerprint density at radius 3 is 2.85 bits per heavy atom. The molecule has 0 spiro atoms. The van der Waals surface area contributed by atoms with E-state index in [2.05, 4.69) is 49.3 Å². The Morgan fingerprint density at radius 1 is 1.40 bits per heavy atom. The van der Waals surface area contributed by atoms with Crippen LogP contribution in [-0.2, 0) is 0 Å². The minimum absolute atomic E-state index is 0.393. The number of rotatable bonds is 6. The summed E-state index contributed by atoms with van der Waals surface area (Å²) >= 11 is 0. The van der Waals surface area contributed by atoms with Crippen molar-refractivity contribution in [1.82, 2.24) is 10.3 Å². The monoisotopic (exact) mass is 275 g/mol. The molecule has 0 radical (unpaired) electrons. The smallest absolute Gasteiger partial charge is 0.0574 e. The van der Waals surface area contributed by atoms with Gasteiger partial charge in [-0.2, -0.15) is 0 Å². The summed E-state index contributed by atoms with van der Waals surface area (Å²) in [6.07, 6.45) is 6.98. The van der Waals surface area contributed by atoms with Crippen molar-refractivity contribution in [2.75, 3.05) is 24.5 Å². The van der Waals surface area contributed by atoms with E-state index < -0.39 is 0 Å². The fraction of sp³-hybridized carbons (Fsp3) is 0.706. The Bertz CT molecular complexity index is 388. The van der Waals surface area contributed by atoms with E-state index >= 15 is 0 Å². The molecule has 0 aliphatic carbocycles. The fourth-order valence-corrected chi connectivity index (χ4v) is 2.99. The molecule has 112 valence electrons. The molecule has 1 fully saturated rings. The Balaban J connectivity index is 2.01. The van der Waals surface area contributed by atoms with Crippen molar-refractivity contribution >= 4 is 5.69 Å². The average Bonchev–Trinajstić information content (AvgIpc) is 2.49. The van der Waals surface area contributed by atoms with E-state index in [1.807, 2.05) is 0 Å². The third-order valence-electron chi connectivity index (χ3n) is 4.20. The summed E-state index contributed by atoms with van der Waals surface area (Å²) in [6, 6.07) is 4.84. The molecule has 3 heteroatoms. The molecule has 0 bridgehead atoms. The summed E-state index contributed by atoms with van der Waals surface area (Å²) < 4.78 is 0. The van der Waals surface area contributed by atoms with Crippen molar-refractivity contribution in [2.45, 2.75) is 52.5 Å². The molecule has 2 heterocycles. The Labute approximate surface area is 123 Å². The quantitative estimate of drug-likeness (QED) is 0.856. The molecule has 1 aliphatic rings. The van der Waals surface area contributed by atoms with Crippen LogP contribution in [0.25, 0.3) is 0 Å². The first-order valence-corrected chi connectivity index (χ1v) is 8.18. The fourth-order valence-electron chi connectivity index (χ4n) is 2.99. The Kier molecular flexibility index (Phi) is 5.84. The molecule has 0 aromatic carbocycles. The maximum Gasteiger partial charge on any atom is 0.0574 e. The van der Waals surface area contributed by atoms with Crippen LogP contribution in [0.4, 0.5) is 5.69 Å². The van der Waals surface area contributed by atoms with E-state index in [1.54, 1.807) is 0 Å². The molecule has 2 atom stereocenters. The molecule has 1 aliphatic heterocycles. The number of aromatic nitrogens is 1. The number of piperidine rings is 1. The summed E-state index contributed by atoms with van der Waals surface area (Å²) in [4.78, 5) is 7.18. The summed E-state index contributed by atoms with van der Waals surface area (Å²) in [6.45, 7) is 10.2. The number of pyridine rings is 1. The lowest BCUT2D eigenvalue weighted by Crippen LogP contribution is -2.34. The zero-order chi connectivity index (χ0) is 14.4. The number of nitrogens with one attached hydrogen (secondary N) is 1. The van der Waals surface area contributed by atoms with Gasteiger partial charge in [-0.25, -0.2) is 0 Å². The Morgan fingerprint density at radius 2 is 2.25 bits per heavy atom. The van der Waals surface area contributed by atoms with Crippen LogP contribution in [0.2, 0.25) is 0 Å². The molecule has 1 N–H and O–H groups in total. The van der Waals surface area contributed by atoms with Gasteiger partial charge in [0, 0.05) is 19.1 Å². The SMILES string of the molecule is CCCNC(CC)c1ccc(N2CCCC(C)C2)cn1. The van der Waals surface area contributed by atoms with Gasteiger partial charge in [-0.05, 0) is 50.3 Å². The summed E-state index contributed by atoms with van der Waals surface area (Å²) in [5, 5.41) is 3.57. The molecular formula is C17H29N3. The second kappa shape index (κ2) is 7.63. The maximum absolute atomic E-state index is 4.70. The zero-order valence-corrected chi connectivity index (χ0v) is 13.2. The van der Waals surface area contributed by atoms with Gasteiger partial charge in [0.05, 0.1) is 17.6 Å². The van der Waals surface area contributed by atoms with Crippen LogP contribution in [0.5, 0.6) is 0 Å². The molecule has 1 aromatic rings. The third kappa shape index (κ3) is 3.95. The van der Waals surface area contributed by atoms with Crippen LogP contribution < -0.4 is 10.2 Å². The van der Waals surface area contributed by atoms with Crippen molar-refractivity contribution in [3.63, 3.8) is 0 Å². The molecule has 2 unspecified atom stereocenters. The van der Waals surface area contributed by atoms with Crippen LogP contribution in [0, 0.1) is 5.92 Å². The maximum atomic E-state index is 4.70. The summed E-state index contributed by atoms with van der Waals surface area (Å²) in [5.41, 5.74) is 2.46. The summed E-state index contributed by atoms with van der Waals surface area (Å²) in [5.74, 6) is 0.804. The molecule has 1 aromatic heterocycles. The molecule has 2 rings (SSSR count). The molecule has 1 saturated heterocycles.